The number of nitrogens with one attached hydrogen (secondary N) is 1. The molecule has 0 aromatic carbocycles. The number of thiophene rings is 1. The standard InChI is InChI=1S/C11H15NO4S3/c1-7-6-9(18-10(7)11(13)14)19(15,16)12-8-2-4-17-5-3-8/h6,8,12H,2-5H2,1H3,(H,13,14). The first-order valence-electron chi connectivity index (χ1n) is 5.84. The molecule has 106 valence electrons. The van der Waals surface area contributed by atoms with Crippen molar-refractivity contribution in [1.82, 2.24) is 4.72 Å². The highest BCUT2D eigenvalue weighted by Gasteiger charge is 2.25. The molecule has 8 heteroatoms. The number of carbonyl (C=O) groups is 1. The maximum absolute atomic E-state index is 12.2. The van der Waals surface area contributed by atoms with Crippen LogP contribution < -0.4 is 4.72 Å². The molecule has 0 amide bonds. The van der Waals surface area contributed by atoms with E-state index in [0.29, 0.717) is 5.56 Å². The number of aromatic carboxylic acids is 1. The average molecular weight is 321 g/mol. The van der Waals surface area contributed by atoms with Crippen molar-refractivity contribution in [3.8, 4) is 0 Å². The molecule has 0 radical (unpaired) electrons. The molecule has 0 unspecified atom stereocenters. The number of carboxylic acids is 1. The topological polar surface area (TPSA) is 83.5 Å². The molecule has 0 saturated carbocycles. The number of rotatable bonds is 4. The highest BCUT2D eigenvalue weighted by molar-refractivity contribution is 7.99. The summed E-state index contributed by atoms with van der Waals surface area (Å²) in [6.45, 7) is 1.61. The van der Waals surface area contributed by atoms with Gasteiger partial charge in [-0.2, -0.15) is 11.8 Å². The van der Waals surface area contributed by atoms with Crippen LogP contribution in [0.1, 0.15) is 28.1 Å². The molecule has 1 aromatic rings. The van der Waals surface area contributed by atoms with Gasteiger partial charge in [0.1, 0.15) is 9.09 Å². The van der Waals surface area contributed by atoms with E-state index in [0.717, 1.165) is 35.7 Å². The molecule has 2 N–H and O–H groups in total. The molecule has 1 aliphatic rings. The third-order valence-electron chi connectivity index (χ3n) is 2.90. The Morgan fingerprint density at radius 3 is 2.58 bits per heavy atom. The van der Waals surface area contributed by atoms with Crippen LogP contribution in [0.2, 0.25) is 0 Å². The SMILES string of the molecule is Cc1cc(S(=O)(=O)NC2CCSCC2)sc1C(=O)O. The van der Waals surface area contributed by atoms with Crippen molar-refractivity contribution in [2.45, 2.75) is 30.0 Å². The lowest BCUT2D eigenvalue weighted by Gasteiger charge is -2.21. The molecule has 19 heavy (non-hydrogen) atoms. The molecule has 1 aliphatic heterocycles. The van der Waals surface area contributed by atoms with Crippen molar-refractivity contribution in [1.29, 1.82) is 0 Å². The van der Waals surface area contributed by atoms with E-state index in [9.17, 15) is 13.2 Å². The van der Waals surface area contributed by atoms with E-state index >= 15 is 0 Å². The van der Waals surface area contributed by atoms with Gasteiger partial charge in [-0.15, -0.1) is 11.3 Å². The van der Waals surface area contributed by atoms with Crippen LogP contribution in [-0.2, 0) is 10.0 Å². The van der Waals surface area contributed by atoms with Crippen LogP contribution in [0.4, 0.5) is 0 Å². The van der Waals surface area contributed by atoms with Crippen LogP contribution in [0.15, 0.2) is 10.3 Å². The van der Waals surface area contributed by atoms with E-state index in [4.69, 9.17) is 5.11 Å². The summed E-state index contributed by atoms with van der Waals surface area (Å²) in [5.74, 6) is 0.826. The Kier molecular flexibility index (Phi) is 4.54. The minimum absolute atomic E-state index is 0.0399. The first-order valence-corrected chi connectivity index (χ1v) is 9.29. The van der Waals surface area contributed by atoms with E-state index in [-0.39, 0.29) is 15.1 Å². The van der Waals surface area contributed by atoms with Gasteiger partial charge in [0.25, 0.3) is 0 Å². The average Bonchev–Trinajstić information content (AvgIpc) is 2.73. The third-order valence-corrected chi connectivity index (χ3v) is 7.17. The first-order chi connectivity index (χ1) is 8.90. The minimum atomic E-state index is -3.60. The zero-order chi connectivity index (χ0) is 14.0. The smallest absolute Gasteiger partial charge is 0.346 e. The predicted octanol–water partition coefficient (Wildman–Crippen LogP) is 1.93. The largest absolute Gasteiger partial charge is 0.477 e. The van der Waals surface area contributed by atoms with Crippen molar-refractivity contribution in [2.75, 3.05) is 11.5 Å². The molecule has 1 saturated heterocycles. The van der Waals surface area contributed by atoms with Gasteiger partial charge in [0.15, 0.2) is 0 Å². The van der Waals surface area contributed by atoms with Crippen LogP contribution in [-0.4, -0.2) is 37.0 Å². The summed E-state index contributed by atoms with van der Waals surface area (Å²) in [7, 11) is -3.60. The molecule has 5 nitrogen and oxygen atoms in total. The summed E-state index contributed by atoms with van der Waals surface area (Å²) in [6, 6.07) is 1.38. The molecule has 1 fully saturated rings. The van der Waals surface area contributed by atoms with Crippen LogP contribution in [0.3, 0.4) is 0 Å². The van der Waals surface area contributed by atoms with E-state index in [2.05, 4.69) is 4.72 Å². The van der Waals surface area contributed by atoms with E-state index < -0.39 is 16.0 Å². The normalized spacial score (nSPS) is 17.5. The first kappa shape index (κ1) is 14.8. The van der Waals surface area contributed by atoms with Crippen molar-refractivity contribution < 1.29 is 18.3 Å². The van der Waals surface area contributed by atoms with E-state index in [1.165, 1.54) is 6.07 Å². The van der Waals surface area contributed by atoms with Crippen LogP contribution in [0.5, 0.6) is 0 Å². The highest BCUT2D eigenvalue weighted by atomic mass is 32.2. The molecule has 2 rings (SSSR count). The van der Waals surface area contributed by atoms with Gasteiger partial charge in [-0.05, 0) is 42.9 Å². The molecular formula is C11H15NO4S3. The predicted molar refractivity (Wildman–Crippen MR) is 76.7 cm³/mol. The molecular weight excluding hydrogens is 306 g/mol. The van der Waals surface area contributed by atoms with Crippen molar-refractivity contribution in [2.24, 2.45) is 0 Å². The Morgan fingerprint density at radius 1 is 1.42 bits per heavy atom. The second-order valence-electron chi connectivity index (χ2n) is 4.39. The Balaban J connectivity index is 2.19. The Labute approximate surface area is 120 Å². The van der Waals surface area contributed by atoms with Gasteiger partial charge in [0.05, 0.1) is 0 Å². The number of aryl methyl sites for hydroxylation is 1. The number of thioether (sulfide) groups is 1. The second-order valence-corrected chi connectivity index (χ2v) is 8.61. The molecule has 0 bridgehead atoms. The van der Waals surface area contributed by atoms with Gasteiger partial charge in [-0.25, -0.2) is 17.9 Å². The van der Waals surface area contributed by atoms with Gasteiger partial charge in [0.2, 0.25) is 10.0 Å². The number of hydrogen-bond acceptors (Lipinski definition) is 5. The zero-order valence-electron chi connectivity index (χ0n) is 10.4. The zero-order valence-corrected chi connectivity index (χ0v) is 12.8. The molecule has 0 atom stereocenters. The quantitative estimate of drug-likeness (QED) is 0.885. The number of hydrogen-bond donors (Lipinski definition) is 2. The lowest BCUT2D eigenvalue weighted by Crippen LogP contribution is -2.36. The van der Waals surface area contributed by atoms with Gasteiger partial charge in [-0.3, -0.25) is 0 Å². The Bertz CT molecular complexity index is 573. The van der Waals surface area contributed by atoms with Crippen molar-refractivity contribution >= 4 is 39.1 Å². The molecule has 0 aliphatic carbocycles. The van der Waals surface area contributed by atoms with Crippen molar-refractivity contribution in [3.05, 3.63) is 16.5 Å². The lowest BCUT2D eigenvalue weighted by atomic mass is 10.2. The van der Waals surface area contributed by atoms with Gasteiger partial charge >= 0.3 is 5.97 Å². The van der Waals surface area contributed by atoms with Gasteiger partial charge in [0, 0.05) is 6.04 Å². The van der Waals surface area contributed by atoms with Crippen LogP contribution in [0.25, 0.3) is 0 Å². The molecule has 2 heterocycles. The third kappa shape index (κ3) is 3.50. The van der Waals surface area contributed by atoms with E-state index in [1.807, 2.05) is 11.8 Å². The van der Waals surface area contributed by atoms with Gasteiger partial charge < -0.3 is 5.11 Å². The fourth-order valence-electron chi connectivity index (χ4n) is 1.89. The fraction of sp³-hybridized carbons (Fsp3) is 0.545. The highest BCUT2D eigenvalue weighted by Crippen LogP contribution is 2.27. The van der Waals surface area contributed by atoms with Gasteiger partial charge in [-0.1, -0.05) is 0 Å². The second kappa shape index (κ2) is 5.82. The Hall–Kier alpha value is -0.570. The number of sulfonamides is 1. The maximum Gasteiger partial charge on any atom is 0.346 e. The fourth-order valence-corrected chi connectivity index (χ4v) is 5.70. The summed E-state index contributed by atoms with van der Waals surface area (Å²) >= 11 is 2.63. The molecule has 0 spiro atoms. The summed E-state index contributed by atoms with van der Waals surface area (Å²) in [4.78, 5) is 11.0. The summed E-state index contributed by atoms with van der Waals surface area (Å²) in [5.41, 5.74) is 0.483. The summed E-state index contributed by atoms with van der Waals surface area (Å²) in [6.07, 6.45) is 1.64. The lowest BCUT2D eigenvalue weighted by molar-refractivity contribution is 0.0701. The van der Waals surface area contributed by atoms with Crippen LogP contribution in [0, 0.1) is 6.92 Å². The molecule has 1 aromatic heterocycles. The maximum atomic E-state index is 12.2. The monoisotopic (exact) mass is 321 g/mol. The summed E-state index contributed by atoms with van der Waals surface area (Å²) < 4.78 is 27.1. The number of carboxylic acid groups (broad SMARTS) is 1. The van der Waals surface area contributed by atoms with Crippen LogP contribution >= 0.6 is 23.1 Å². The van der Waals surface area contributed by atoms with Crippen molar-refractivity contribution in [3.63, 3.8) is 0 Å². The minimum Gasteiger partial charge on any atom is -0.477 e. The Morgan fingerprint density at radius 2 is 2.05 bits per heavy atom. The summed E-state index contributed by atoms with van der Waals surface area (Å²) in [5, 5.41) is 8.96. The van der Waals surface area contributed by atoms with E-state index in [1.54, 1.807) is 6.92 Å².